The van der Waals surface area contributed by atoms with E-state index in [2.05, 4.69) is 11.9 Å². The van der Waals surface area contributed by atoms with Gasteiger partial charge in [-0.1, -0.05) is 6.92 Å². The third kappa shape index (κ3) is 1.52. The standard InChI is InChI=1S/C10H17NOS/c1-3-10(12)8-4-7-5-13-6-9(7)11(8)2/h7-9H,3-6H2,1-2H3. The van der Waals surface area contributed by atoms with Gasteiger partial charge in [-0.3, -0.25) is 9.69 Å². The summed E-state index contributed by atoms with van der Waals surface area (Å²) in [5.74, 6) is 3.72. The Kier molecular flexibility index (Phi) is 2.65. The van der Waals surface area contributed by atoms with Gasteiger partial charge in [0.1, 0.15) is 5.78 Å². The Hall–Kier alpha value is -0.0200. The highest BCUT2D eigenvalue weighted by molar-refractivity contribution is 7.99. The number of likely N-dealkylation sites (N-methyl/N-ethyl adjacent to an activating group) is 1. The Bertz CT molecular complexity index is 219. The molecule has 2 heterocycles. The van der Waals surface area contributed by atoms with Crippen LogP contribution in [-0.2, 0) is 4.79 Å². The van der Waals surface area contributed by atoms with E-state index in [9.17, 15) is 4.79 Å². The molecule has 0 saturated carbocycles. The lowest BCUT2D eigenvalue weighted by atomic mass is 10.0. The van der Waals surface area contributed by atoms with Crippen LogP contribution in [0.3, 0.4) is 0 Å². The molecular weight excluding hydrogens is 182 g/mol. The van der Waals surface area contributed by atoms with Crippen LogP contribution >= 0.6 is 11.8 Å². The number of Topliss-reactive ketones (excluding diaryl/α,β-unsaturated/α-hetero) is 1. The van der Waals surface area contributed by atoms with Crippen molar-refractivity contribution in [2.45, 2.75) is 31.8 Å². The van der Waals surface area contributed by atoms with Gasteiger partial charge in [0.15, 0.2) is 0 Å². The second-order valence-electron chi connectivity index (χ2n) is 4.10. The van der Waals surface area contributed by atoms with Crippen LogP contribution in [0.2, 0.25) is 0 Å². The third-order valence-electron chi connectivity index (χ3n) is 3.43. The van der Waals surface area contributed by atoms with Crippen molar-refractivity contribution < 1.29 is 4.79 Å². The fraction of sp³-hybridized carbons (Fsp3) is 0.900. The Labute approximate surface area is 84.1 Å². The zero-order valence-corrected chi connectivity index (χ0v) is 9.14. The Morgan fingerprint density at radius 3 is 2.92 bits per heavy atom. The summed E-state index contributed by atoms with van der Waals surface area (Å²) < 4.78 is 0. The Morgan fingerprint density at radius 2 is 2.31 bits per heavy atom. The molecule has 2 aliphatic rings. The molecule has 3 unspecified atom stereocenters. The summed E-state index contributed by atoms with van der Waals surface area (Å²) in [5, 5.41) is 0. The first-order chi connectivity index (χ1) is 6.24. The summed E-state index contributed by atoms with van der Waals surface area (Å²) in [7, 11) is 2.12. The molecule has 13 heavy (non-hydrogen) atoms. The number of thioether (sulfide) groups is 1. The number of hydrogen-bond acceptors (Lipinski definition) is 3. The van der Waals surface area contributed by atoms with Crippen LogP contribution < -0.4 is 0 Å². The largest absolute Gasteiger partial charge is 0.298 e. The van der Waals surface area contributed by atoms with E-state index in [0.717, 1.165) is 12.3 Å². The minimum atomic E-state index is 0.237. The molecule has 0 aliphatic carbocycles. The lowest BCUT2D eigenvalue weighted by molar-refractivity contribution is -0.122. The molecule has 0 radical (unpaired) electrons. The molecule has 2 saturated heterocycles. The van der Waals surface area contributed by atoms with Crippen LogP contribution in [-0.4, -0.2) is 41.3 Å². The van der Waals surface area contributed by atoms with Gasteiger partial charge in [-0.2, -0.15) is 11.8 Å². The summed E-state index contributed by atoms with van der Waals surface area (Å²) in [5.41, 5.74) is 0. The monoisotopic (exact) mass is 199 g/mol. The molecule has 2 rings (SSSR count). The summed E-state index contributed by atoms with van der Waals surface area (Å²) in [6.45, 7) is 1.97. The van der Waals surface area contributed by atoms with Gasteiger partial charge in [0, 0.05) is 18.2 Å². The normalized spacial score (nSPS) is 39.4. The highest BCUT2D eigenvalue weighted by Crippen LogP contribution is 2.38. The molecular formula is C10H17NOS. The number of likely N-dealkylation sites (tertiary alicyclic amines) is 1. The smallest absolute Gasteiger partial charge is 0.149 e. The lowest BCUT2D eigenvalue weighted by Crippen LogP contribution is -2.38. The minimum Gasteiger partial charge on any atom is -0.298 e. The minimum absolute atomic E-state index is 0.237. The summed E-state index contributed by atoms with van der Waals surface area (Å²) in [4.78, 5) is 13.9. The zero-order valence-electron chi connectivity index (χ0n) is 8.32. The van der Waals surface area contributed by atoms with Crippen LogP contribution in [0.1, 0.15) is 19.8 Å². The summed E-state index contributed by atoms with van der Waals surface area (Å²) in [6.07, 6.45) is 1.81. The molecule has 0 aromatic rings. The Morgan fingerprint density at radius 1 is 1.54 bits per heavy atom. The van der Waals surface area contributed by atoms with Crippen molar-refractivity contribution >= 4 is 17.5 Å². The topological polar surface area (TPSA) is 20.3 Å². The number of rotatable bonds is 2. The van der Waals surface area contributed by atoms with Crippen molar-refractivity contribution in [3.05, 3.63) is 0 Å². The predicted octanol–water partition coefficient (Wildman–Crippen LogP) is 1.40. The first-order valence-corrected chi connectivity index (χ1v) is 6.22. The zero-order chi connectivity index (χ0) is 9.42. The molecule has 0 aromatic carbocycles. The van der Waals surface area contributed by atoms with Crippen molar-refractivity contribution in [3.8, 4) is 0 Å². The second-order valence-corrected chi connectivity index (χ2v) is 5.18. The number of hydrogen-bond donors (Lipinski definition) is 0. The fourth-order valence-electron chi connectivity index (χ4n) is 2.54. The number of nitrogens with zero attached hydrogens (tertiary/aromatic N) is 1. The quantitative estimate of drug-likeness (QED) is 0.670. The lowest BCUT2D eigenvalue weighted by Gasteiger charge is -2.22. The number of ketones is 1. The average molecular weight is 199 g/mol. The van der Waals surface area contributed by atoms with Crippen LogP contribution in [0, 0.1) is 5.92 Å². The Balaban J connectivity index is 2.06. The summed E-state index contributed by atoms with van der Waals surface area (Å²) in [6, 6.07) is 0.923. The molecule has 2 fully saturated rings. The molecule has 0 N–H and O–H groups in total. The first-order valence-electron chi connectivity index (χ1n) is 5.06. The van der Waals surface area contributed by atoms with Crippen molar-refractivity contribution in [2.75, 3.05) is 18.6 Å². The van der Waals surface area contributed by atoms with Crippen molar-refractivity contribution in [2.24, 2.45) is 5.92 Å². The molecule has 2 aliphatic heterocycles. The third-order valence-corrected chi connectivity index (χ3v) is 4.67. The van der Waals surface area contributed by atoms with Gasteiger partial charge in [0.25, 0.3) is 0 Å². The SMILES string of the molecule is CCC(=O)C1CC2CSCC2N1C. The predicted molar refractivity (Wildman–Crippen MR) is 56.1 cm³/mol. The molecule has 0 spiro atoms. The van der Waals surface area contributed by atoms with E-state index in [1.54, 1.807) is 0 Å². The maximum absolute atomic E-state index is 11.6. The van der Waals surface area contributed by atoms with Crippen molar-refractivity contribution in [1.29, 1.82) is 0 Å². The molecule has 74 valence electrons. The van der Waals surface area contributed by atoms with E-state index >= 15 is 0 Å². The number of carbonyl (C=O) groups excluding carboxylic acids is 1. The molecule has 0 bridgehead atoms. The highest BCUT2D eigenvalue weighted by atomic mass is 32.2. The van der Waals surface area contributed by atoms with Crippen LogP contribution in [0.25, 0.3) is 0 Å². The maximum Gasteiger partial charge on any atom is 0.149 e. The highest BCUT2D eigenvalue weighted by Gasteiger charge is 2.43. The average Bonchev–Trinajstić information content (AvgIpc) is 2.68. The van der Waals surface area contributed by atoms with Gasteiger partial charge in [-0.25, -0.2) is 0 Å². The molecule has 3 heteroatoms. The molecule has 0 amide bonds. The van der Waals surface area contributed by atoms with Gasteiger partial charge in [-0.05, 0) is 25.1 Å². The molecule has 3 atom stereocenters. The van der Waals surface area contributed by atoms with Gasteiger partial charge < -0.3 is 0 Å². The number of carbonyl (C=O) groups is 1. The van der Waals surface area contributed by atoms with E-state index in [0.29, 0.717) is 18.2 Å². The van der Waals surface area contributed by atoms with E-state index < -0.39 is 0 Å². The van der Waals surface area contributed by atoms with E-state index in [1.165, 1.54) is 11.5 Å². The van der Waals surface area contributed by atoms with Crippen LogP contribution in [0.15, 0.2) is 0 Å². The van der Waals surface area contributed by atoms with Gasteiger partial charge in [0.2, 0.25) is 0 Å². The fourth-order valence-corrected chi connectivity index (χ4v) is 4.09. The van der Waals surface area contributed by atoms with E-state index in [4.69, 9.17) is 0 Å². The second kappa shape index (κ2) is 3.62. The van der Waals surface area contributed by atoms with Gasteiger partial charge >= 0.3 is 0 Å². The van der Waals surface area contributed by atoms with E-state index in [-0.39, 0.29) is 6.04 Å². The number of fused-ring (bicyclic) bond motifs is 1. The van der Waals surface area contributed by atoms with Gasteiger partial charge in [-0.15, -0.1) is 0 Å². The van der Waals surface area contributed by atoms with Crippen molar-refractivity contribution in [1.82, 2.24) is 4.90 Å². The van der Waals surface area contributed by atoms with Crippen LogP contribution in [0.4, 0.5) is 0 Å². The van der Waals surface area contributed by atoms with Gasteiger partial charge in [0.05, 0.1) is 6.04 Å². The first kappa shape index (κ1) is 9.53. The van der Waals surface area contributed by atoms with Crippen LogP contribution in [0.5, 0.6) is 0 Å². The molecule has 0 aromatic heterocycles. The molecule has 2 nitrogen and oxygen atoms in total. The van der Waals surface area contributed by atoms with Crippen molar-refractivity contribution in [3.63, 3.8) is 0 Å². The summed E-state index contributed by atoms with van der Waals surface area (Å²) >= 11 is 2.04. The van der Waals surface area contributed by atoms with E-state index in [1.807, 2.05) is 18.7 Å². The maximum atomic E-state index is 11.6.